The maximum absolute atomic E-state index is 14.2. The van der Waals surface area contributed by atoms with Gasteiger partial charge in [-0.25, -0.2) is 9.18 Å². The van der Waals surface area contributed by atoms with Gasteiger partial charge in [0.2, 0.25) is 5.91 Å². The Morgan fingerprint density at radius 1 is 1.08 bits per heavy atom. The maximum Gasteiger partial charge on any atom is 0.330 e. The van der Waals surface area contributed by atoms with Crippen molar-refractivity contribution in [3.63, 3.8) is 0 Å². The number of carboxylic acids is 1. The van der Waals surface area contributed by atoms with Gasteiger partial charge in [0.05, 0.1) is 28.3 Å². The number of hydrogen-bond donors (Lipinski definition) is 1. The summed E-state index contributed by atoms with van der Waals surface area (Å²) in [5.74, 6) is -4.04. The smallest absolute Gasteiger partial charge is 0.330 e. The summed E-state index contributed by atoms with van der Waals surface area (Å²) in [5.41, 5.74) is -0.718. The van der Waals surface area contributed by atoms with Crippen LogP contribution in [0.4, 0.5) is 4.39 Å². The van der Waals surface area contributed by atoms with E-state index in [0.717, 1.165) is 11.3 Å². The molecule has 2 fully saturated rings. The van der Waals surface area contributed by atoms with Crippen molar-refractivity contribution in [2.45, 2.75) is 37.3 Å². The number of thiophene rings is 1. The molecule has 0 spiro atoms. The molecule has 1 saturated heterocycles. The molecule has 3 aromatic rings. The SMILES string of the molecule is COc1cccc(C2C(C(=O)c3ccc(Cl)s3)C(c3ccc(F)cc3)N(C(=O)C3CC3)C2(C)C(=O)O)c1. The van der Waals surface area contributed by atoms with Crippen LogP contribution in [-0.2, 0) is 9.59 Å². The fraction of sp³-hybridized carbons (Fsp3) is 0.321. The first-order chi connectivity index (χ1) is 17.7. The van der Waals surface area contributed by atoms with Crippen LogP contribution in [-0.4, -0.2) is 40.3 Å². The fourth-order valence-electron chi connectivity index (χ4n) is 5.55. The number of likely N-dealkylation sites (tertiary alicyclic amines) is 1. The third-order valence-electron chi connectivity index (χ3n) is 7.46. The number of amides is 1. The van der Waals surface area contributed by atoms with E-state index in [2.05, 4.69) is 0 Å². The van der Waals surface area contributed by atoms with E-state index in [1.807, 2.05) is 0 Å². The molecule has 1 N–H and O–H groups in total. The van der Waals surface area contributed by atoms with Gasteiger partial charge in [0.15, 0.2) is 5.78 Å². The average Bonchev–Trinajstić information content (AvgIpc) is 3.59. The Kier molecular flexibility index (Phi) is 6.58. The maximum atomic E-state index is 14.2. The van der Waals surface area contributed by atoms with Crippen molar-refractivity contribution in [2.75, 3.05) is 7.11 Å². The number of aliphatic carboxylic acids is 1. The average molecular weight is 542 g/mol. The number of benzene rings is 2. The number of ketones is 1. The van der Waals surface area contributed by atoms with E-state index < -0.39 is 35.2 Å². The van der Waals surface area contributed by atoms with Crippen LogP contribution < -0.4 is 4.74 Å². The van der Waals surface area contributed by atoms with Crippen LogP contribution in [0.2, 0.25) is 4.34 Å². The van der Waals surface area contributed by atoms with Gasteiger partial charge in [-0.15, -0.1) is 11.3 Å². The molecule has 2 aliphatic rings. The molecule has 1 aromatic heterocycles. The van der Waals surface area contributed by atoms with Crippen LogP contribution in [0.1, 0.15) is 52.5 Å². The number of nitrogens with zero attached hydrogens (tertiary/aromatic N) is 1. The first-order valence-corrected chi connectivity index (χ1v) is 13.1. The molecule has 192 valence electrons. The van der Waals surface area contributed by atoms with Crippen molar-refractivity contribution < 1.29 is 28.6 Å². The molecule has 2 heterocycles. The number of carbonyl (C=O) groups is 3. The summed E-state index contributed by atoms with van der Waals surface area (Å²) in [6, 6.07) is 14.8. The predicted octanol–water partition coefficient (Wildman–Crippen LogP) is 5.97. The minimum Gasteiger partial charge on any atom is -0.497 e. The quantitative estimate of drug-likeness (QED) is 0.373. The molecule has 1 saturated carbocycles. The van der Waals surface area contributed by atoms with Crippen molar-refractivity contribution in [1.82, 2.24) is 4.90 Å². The highest BCUT2D eigenvalue weighted by Gasteiger charge is 2.65. The summed E-state index contributed by atoms with van der Waals surface area (Å²) in [4.78, 5) is 42.9. The lowest BCUT2D eigenvalue weighted by Crippen LogP contribution is -2.54. The first-order valence-electron chi connectivity index (χ1n) is 11.9. The van der Waals surface area contributed by atoms with Gasteiger partial charge in [0.1, 0.15) is 17.1 Å². The summed E-state index contributed by atoms with van der Waals surface area (Å²) >= 11 is 7.26. The van der Waals surface area contributed by atoms with E-state index in [-0.39, 0.29) is 17.6 Å². The molecule has 1 amide bonds. The number of carboxylic acid groups (broad SMARTS) is 1. The Labute approximate surface area is 222 Å². The van der Waals surface area contributed by atoms with E-state index >= 15 is 0 Å². The Hall–Kier alpha value is -3.23. The molecule has 0 radical (unpaired) electrons. The van der Waals surface area contributed by atoms with Crippen molar-refractivity contribution in [2.24, 2.45) is 11.8 Å². The van der Waals surface area contributed by atoms with Gasteiger partial charge in [-0.05, 0) is 67.3 Å². The van der Waals surface area contributed by atoms with E-state index in [1.165, 1.54) is 43.2 Å². The van der Waals surface area contributed by atoms with Gasteiger partial charge < -0.3 is 14.7 Å². The third-order valence-corrected chi connectivity index (χ3v) is 8.71. The number of ether oxygens (including phenoxy) is 1. The summed E-state index contributed by atoms with van der Waals surface area (Å²) in [5, 5.41) is 10.7. The number of hydrogen-bond acceptors (Lipinski definition) is 5. The van der Waals surface area contributed by atoms with Crippen molar-refractivity contribution in [3.8, 4) is 5.75 Å². The summed E-state index contributed by atoms with van der Waals surface area (Å²) in [6.07, 6.45) is 1.31. The fourth-order valence-corrected chi connectivity index (χ4v) is 6.58. The lowest BCUT2D eigenvalue weighted by atomic mass is 9.72. The predicted molar refractivity (Wildman–Crippen MR) is 138 cm³/mol. The molecule has 0 bridgehead atoms. The van der Waals surface area contributed by atoms with Crippen LogP contribution in [0.3, 0.4) is 0 Å². The molecule has 4 atom stereocenters. The lowest BCUT2D eigenvalue weighted by molar-refractivity contribution is -0.158. The third kappa shape index (κ3) is 4.32. The second-order valence-electron chi connectivity index (χ2n) is 9.68. The molecule has 6 nitrogen and oxygen atoms in total. The molecule has 4 unspecified atom stereocenters. The Morgan fingerprint density at radius 2 is 1.78 bits per heavy atom. The Balaban J connectivity index is 1.79. The van der Waals surface area contributed by atoms with E-state index in [0.29, 0.717) is 38.9 Å². The van der Waals surface area contributed by atoms with E-state index in [9.17, 15) is 23.9 Å². The van der Waals surface area contributed by atoms with Crippen LogP contribution in [0.25, 0.3) is 0 Å². The molecular weight excluding hydrogens is 517 g/mol. The normalized spacial score (nSPS) is 25.2. The standard InChI is InChI=1S/C28H25ClFNO5S/c1-28(27(34)35)23(17-4-3-5-19(14-17)36-2)22(25(32)20-12-13-21(29)37-20)24(15-8-10-18(30)11-9-15)31(28)26(33)16-6-7-16/h3-5,8-14,16,22-24H,6-7H2,1-2H3,(H,34,35). The van der Waals surface area contributed by atoms with Crippen LogP contribution in [0, 0.1) is 17.7 Å². The number of halogens is 2. The number of Topliss-reactive ketones (excluding diaryl/α,β-unsaturated/α-hetero) is 1. The molecule has 5 rings (SSSR count). The van der Waals surface area contributed by atoms with Gasteiger partial charge in [-0.3, -0.25) is 9.59 Å². The van der Waals surface area contributed by atoms with Crippen molar-refractivity contribution in [1.29, 1.82) is 0 Å². The second-order valence-corrected chi connectivity index (χ2v) is 11.4. The highest BCUT2D eigenvalue weighted by Crippen LogP contribution is 2.58. The number of carbonyl (C=O) groups excluding carboxylic acids is 2. The lowest BCUT2D eigenvalue weighted by Gasteiger charge is -2.38. The monoisotopic (exact) mass is 541 g/mol. The molecular formula is C28H25ClFNO5S. The summed E-state index contributed by atoms with van der Waals surface area (Å²) in [7, 11) is 1.50. The van der Waals surface area contributed by atoms with Crippen molar-refractivity contribution >= 4 is 40.6 Å². The van der Waals surface area contributed by atoms with Crippen molar-refractivity contribution in [3.05, 3.63) is 86.8 Å². The summed E-state index contributed by atoms with van der Waals surface area (Å²) in [6.45, 7) is 1.50. The number of methoxy groups -OCH3 is 1. The van der Waals surface area contributed by atoms with Crippen LogP contribution in [0.5, 0.6) is 5.75 Å². The molecule has 2 aromatic carbocycles. The highest BCUT2D eigenvalue weighted by atomic mass is 35.5. The Morgan fingerprint density at radius 3 is 2.35 bits per heavy atom. The number of rotatable bonds is 7. The zero-order chi connectivity index (χ0) is 26.5. The van der Waals surface area contributed by atoms with E-state index in [4.69, 9.17) is 16.3 Å². The van der Waals surface area contributed by atoms with Gasteiger partial charge in [-0.2, -0.15) is 0 Å². The van der Waals surface area contributed by atoms with Crippen LogP contribution >= 0.6 is 22.9 Å². The van der Waals surface area contributed by atoms with Gasteiger partial charge >= 0.3 is 5.97 Å². The zero-order valence-corrected chi connectivity index (χ0v) is 21.8. The van der Waals surface area contributed by atoms with Gasteiger partial charge in [0, 0.05) is 11.8 Å². The molecule has 1 aliphatic heterocycles. The molecule has 9 heteroatoms. The largest absolute Gasteiger partial charge is 0.497 e. The van der Waals surface area contributed by atoms with Gasteiger partial charge in [-0.1, -0.05) is 35.9 Å². The van der Waals surface area contributed by atoms with Gasteiger partial charge in [0.25, 0.3) is 0 Å². The highest BCUT2D eigenvalue weighted by molar-refractivity contribution is 7.18. The van der Waals surface area contributed by atoms with E-state index in [1.54, 1.807) is 36.4 Å². The second kappa shape index (κ2) is 9.58. The molecule has 1 aliphatic carbocycles. The molecule has 37 heavy (non-hydrogen) atoms. The van der Waals surface area contributed by atoms with Crippen LogP contribution in [0.15, 0.2) is 60.7 Å². The first kappa shape index (κ1) is 25.4. The minimum atomic E-state index is -1.77. The topological polar surface area (TPSA) is 83.9 Å². The minimum absolute atomic E-state index is 0.308. The Bertz CT molecular complexity index is 1370. The summed E-state index contributed by atoms with van der Waals surface area (Å²) < 4.78 is 19.8. The zero-order valence-electron chi connectivity index (χ0n) is 20.2.